The van der Waals surface area contributed by atoms with Gasteiger partial charge in [-0.25, -0.2) is 5.48 Å². The highest BCUT2D eigenvalue weighted by molar-refractivity contribution is 5.76. The molecule has 0 radical (unpaired) electrons. The summed E-state index contributed by atoms with van der Waals surface area (Å²) in [5.74, 6) is -0.372. The molecule has 0 aliphatic carbocycles. The van der Waals surface area contributed by atoms with E-state index in [0.717, 1.165) is 59.2 Å². The summed E-state index contributed by atoms with van der Waals surface area (Å²) in [5, 5.41) is 21.1. The van der Waals surface area contributed by atoms with Crippen LogP contribution in [0.5, 0.6) is 0 Å². The van der Waals surface area contributed by atoms with Crippen LogP contribution in [0.2, 0.25) is 0 Å². The van der Waals surface area contributed by atoms with Gasteiger partial charge in [0.05, 0.1) is 18.8 Å². The average molecular weight is 694 g/mol. The van der Waals surface area contributed by atoms with Crippen LogP contribution in [0.4, 0.5) is 0 Å². The molecule has 51 heavy (non-hydrogen) atoms. The molecule has 9 nitrogen and oxygen atoms in total. The second-order valence-corrected chi connectivity index (χ2v) is 13.4. The third-order valence-electron chi connectivity index (χ3n) is 9.66. The fraction of sp³-hybridized carbons (Fsp3) is 0.381. The fourth-order valence-electron chi connectivity index (χ4n) is 6.46. The van der Waals surface area contributed by atoms with Gasteiger partial charge in [0.2, 0.25) is 11.8 Å². The van der Waals surface area contributed by atoms with Crippen LogP contribution in [0.15, 0.2) is 103 Å². The number of ether oxygens (including phenoxy) is 2. The summed E-state index contributed by atoms with van der Waals surface area (Å²) in [6, 6.07) is 35.2. The average Bonchev–Trinajstić information content (AvgIpc) is 3.18. The lowest BCUT2D eigenvalue weighted by Crippen LogP contribution is -2.38. The van der Waals surface area contributed by atoms with Gasteiger partial charge in [-0.1, -0.05) is 110 Å². The summed E-state index contributed by atoms with van der Waals surface area (Å²) in [4.78, 5) is 25.8. The molecule has 4 aromatic carbocycles. The van der Waals surface area contributed by atoms with Gasteiger partial charge in [-0.2, -0.15) is 0 Å². The van der Waals surface area contributed by atoms with Crippen molar-refractivity contribution in [2.75, 3.05) is 13.6 Å². The van der Waals surface area contributed by atoms with E-state index >= 15 is 0 Å². The lowest BCUT2D eigenvalue weighted by atomic mass is 9.98. The van der Waals surface area contributed by atoms with Crippen LogP contribution >= 0.6 is 0 Å². The molecule has 1 aliphatic rings. The number of hydrogen-bond donors (Lipinski definition) is 4. The maximum atomic E-state index is 12.4. The van der Waals surface area contributed by atoms with Crippen molar-refractivity contribution in [1.29, 1.82) is 0 Å². The predicted molar refractivity (Wildman–Crippen MR) is 197 cm³/mol. The van der Waals surface area contributed by atoms with E-state index in [1.54, 1.807) is 5.48 Å². The lowest BCUT2D eigenvalue weighted by molar-refractivity contribution is -0.253. The Bertz CT molecular complexity index is 1660. The predicted octanol–water partition coefficient (Wildman–Crippen LogP) is 7.55. The van der Waals surface area contributed by atoms with E-state index < -0.39 is 6.29 Å². The van der Waals surface area contributed by atoms with Gasteiger partial charge in [-0.3, -0.25) is 19.7 Å². The molecule has 0 aromatic heterocycles. The first-order valence-corrected chi connectivity index (χ1v) is 18.0. The van der Waals surface area contributed by atoms with Gasteiger partial charge in [0, 0.05) is 44.0 Å². The molecule has 270 valence electrons. The summed E-state index contributed by atoms with van der Waals surface area (Å²) in [5.41, 5.74) is 8.91. The Morgan fingerprint density at radius 2 is 1.47 bits per heavy atom. The van der Waals surface area contributed by atoms with Crippen molar-refractivity contribution in [2.45, 2.75) is 89.6 Å². The zero-order valence-corrected chi connectivity index (χ0v) is 29.7. The largest absolute Gasteiger partial charge is 0.392 e. The van der Waals surface area contributed by atoms with Gasteiger partial charge in [0.1, 0.15) is 0 Å². The van der Waals surface area contributed by atoms with E-state index in [0.29, 0.717) is 32.2 Å². The molecule has 0 unspecified atom stereocenters. The first-order chi connectivity index (χ1) is 24.8. The lowest BCUT2D eigenvalue weighted by Gasteiger charge is -2.39. The van der Waals surface area contributed by atoms with Crippen LogP contribution in [-0.4, -0.2) is 46.7 Å². The van der Waals surface area contributed by atoms with Gasteiger partial charge in [-0.15, -0.1) is 0 Å². The Balaban J connectivity index is 1.20. The summed E-state index contributed by atoms with van der Waals surface area (Å²) in [7, 11) is 2.14. The highest BCUT2D eigenvalue weighted by atomic mass is 16.7. The molecular formula is C42H51N3O6. The summed E-state index contributed by atoms with van der Waals surface area (Å²) in [6.07, 6.45) is 3.84. The van der Waals surface area contributed by atoms with Crippen LogP contribution in [0.3, 0.4) is 0 Å². The van der Waals surface area contributed by atoms with Gasteiger partial charge in [0.15, 0.2) is 6.29 Å². The highest BCUT2D eigenvalue weighted by Crippen LogP contribution is 2.39. The number of benzene rings is 4. The number of aliphatic hydroxyl groups excluding tert-OH is 1. The highest BCUT2D eigenvalue weighted by Gasteiger charge is 2.33. The number of aliphatic hydroxyl groups is 1. The van der Waals surface area contributed by atoms with Crippen LogP contribution < -0.4 is 10.8 Å². The number of nitrogens with zero attached hydrogens (tertiary/aromatic N) is 1. The van der Waals surface area contributed by atoms with E-state index in [9.17, 15) is 14.7 Å². The first kappa shape index (κ1) is 37.9. The monoisotopic (exact) mass is 693 g/mol. The van der Waals surface area contributed by atoms with E-state index in [2.05, 4.69) is 84.9 Å². The number of carbonyl (C=O) groups is 2. The van der Waals surface area contributed by atoms with Gasteiger partial charge < -0.3 is 19.9 Å². The molecule has 1 saturated heterocycles. The molecule has 4 N–H and O–H groups in total. The molecule has 0 saturated carbocycles. The van der Waals surface area contributed by atoms with Crippen molar-refractivity contribution >= 4 is 11.8 Å². The number of unbranched alkanes of at least 4 members (excludes halogenated alkanes) is 3. The Kier molecular flexibility index (Phi) is 14.3. The smallest absolute Gasteiger partial charge is 0.243 e. The zero-order chi connectivity index (χ0) is 36.0. The summed E-state index contributed by atoms with van der Waals surface area (Å²) >= 11 is 0. The minimum absolute atomic E-state index is 0.00401. The number of amides is 2. The molecule has 4 atom stereocenters. The fourth-order valence-corrected chi connectivity index (χ4v) is 6.46. The molecule has 1 heterocycles. The van der Waals surface area contributed by atoms with Gasteiger partial charge in [-0.05, 0) is 66.3 Å². The van der Waals surface area contributed by atoms with Crippen LogP contribution in [0.1, 0.15) is 98.1 Å². The van der Waals surface area contributed by atoms with Crippen molar-refractivity contribution in [3.63, 3.8) is 0 Å². The number of rotatable bonds is 17. The number of nitrogens with one attached hydrogen (secondary N) is 2. The van der Waals surface area contributed by atoms with Crippen molar-refractivity contribution in [3.8, 4) is 11.1 Å². The molecule has 0 bridgehead atoms. The van der Waals surface area contributed by atoms with Crippen molar-refractivity contribution < 1.29 is 29.4 Å². The molecule has 9 heteroatoms. The SMILES string of the molecule is C[C@@H](c1ccccc1)N(C)C[C@H]1C[C@@H](c2ccc(CO)cc2)O[C@@H](c2ccc(-c3cccc(CNC(=O)CCCCCCC(=O)NO)c3)cc2)O1. The Hall–Kier alpha value is -4.38. The summed E-state index contributed by atoms with van der Waals surface area (Å²) in [6.45, 7) is 3.41. The minimum Gasteiger partial charge on any atom is -0.392 e. The summed E-state index contributed by atoms with van der Waals surface area (Å²) < 4.78 is 13.2. The minimum atomic E-state index is -0.540. The van der Waals surface area contributed by atoms with Crippen molar-refractivity contribution in [3.05, 3.63) is 131 Å². The van der Waals surface area contributed by atoms with E-state index in [-0.39, 0.29) is 36.7 Å². The van der Waals surface area contributed by atoms with E-state index in [1.165, 1.54) is 5.56 Å². The molecule has 1 fully saturated rings. The molecule has 0 spiro atoms. The van der Waals surface area contributed by atoms with E-state index in [1.807, 2.05) is 42.5 Å². The number of carbonyl (C=O) groups excluding carboxylic acids is 2. The molecular weight excluding hydrogens is 642 g/mol. The topological polar surface area (TPSA) is 120 Å². The number of hydrogen-bond acceptors (Lipinski definition) is 7. The van der Waals surface area contributed by atoms with Gasteiger partial charge >= 0.3 is 0 Å². The maximum absolute atomic E-state index is 12.4. The second-order valence-electron chi connectivity index (χ2n) is 13.4. The van der Waals surface area contributed by atoms with Gasteiger partial charge in [0.25, 0.3) is 0 Å². The normalized spacial score (nSPS) is 17.9. The third kappa shape index (κ3) is 11.3. The molecule has 2 amide bonds. The maximum Gasteiger partial charge on any atom is 0.243 e. The standard InChI is InChI=1S/C42H51N3O6/c1-30(33-12-6-5-7-13-33)45(2)28-38-26-39(35-19-17-31(29-46)18-20-35)51-42(50-38)36-23-21-34(22-24-36)37-14-10-11-32(25-37)27-43-40(47)15-8-3-4-9-16-41(48)44-49/h5-7,10-14,17-25,30,38-39,42,46,49H,3-4,8-9,15-16,26-29H2,1-2H3,(H,43,47)(H,44,48)/t30-,38+,39-,42-/m0/s1. The Labute approximate surface area is 301 Å². The van der Waals surface area contributed by atoms with Crippen LogP contribution in [0, 0.1) is 0 Å². The number of likely N-dealkylation sites (N-methyl/N-ethyl adjacent to an activating group) is 1. The Morgan fingerprint density at radius 1 is 0.784 bits per heavy atom. The van der Waals surface area contributed by atoms with Crippen molar-refractivity contribution in [1.82, 2.24) is 15.7 Å². The first-order valence-electron chi connectivity index (χ1n) is 18.0. The van der Waals surface area contributed by atoms with E-state index in [4.69, 9.17) is 14.7 Å². The molecule has 5 rings (SSSR count). The van der Waals surface area contributed by atoms with Crippen LogP contribution in [0.25, 0.3) is 11.1 Å². The third-order valence-corrected chi connectivity index (χ3v) is 9.66. The number of hydroxylamine groups is 1. The second kappa shape index (κ2) is 19.3. The Morgan fingerprint density at radius 3 is 2.16 bits per heavy atom. The quantitative estimate of drug-likeness (QED) is 0.0512. The van der Waals surface area contributed by atoms with Crippen LogP contribution in [-0.2, 0) is 32.2 Å². The van der Waals surface area contributed by atoms with Crippen molar-refractivity contribution in [2.24, 2.45) is 0 Å². The molecule has 1 aliphatic heterocycles. The molecule has 4 aromatic rings. The zero-order valence-electron chi connectivity index (χ0n) is 29.7.